The summed E-state index contributed by atoms with van der Waals surface area (Å²) in [6, 6.07) is 7.49. The van der Waals surface area contributed by atoms with Crippen LogP contribution in [0.4, 0.5) is 0 Å². The lowest BCUT2D eigenvalue weighted by Crippen LogP contribution is -1.92. The third-order valence-electron chi connectivity index (χ3n) is 2.58. The van der Waals surface area contributed by atoms with Gasteiger partial charge in [0.15, 0.2) is 17.8 Å². The third-order valence-corrected chi connectivity index (χ3v) is 2.58. The van der Waals surface area contributed by atoms with E-state index in [1.807, 2.05) is 24.3 Å². The highest BCUT2D eigenvalue weighted by Crippen LogP contribution is 2.36. The highest BCUT2D eigenvalue weighted by atomic mass is 16.7. The average Bonchev–Trinajstić information content (AvgIpc) is 2.96. The molecule has 0 bridgehead atoms. The summed E-state index contributed by atoms with van der Waals surface area (Å²) in [7, 11) is 0. The zero-order valence-corrected chi connectivity index (χ0v) is 8.40. The van der Waals surface area contributed by atoms with Crippen molar-refractivity contribution in [1.29, 1.82) is 0 Å². The maximum atomic E-state index is 10.8. The molecule has 1 aromatic carbocycles. The quantitative estimate of drug-likeness (QED) is 0.781. The van der Waals surface area contributed by atoms with Gasteiger partial charge in [-0.05, 0) is 23.8 Å². The number of hydrogen-bond acceptors (Lipinski definition) is 3. The van der Waals surface area contributed by atoms with E-state index in [0.29, 0.717) is 5.69 Å². The first-order valence-corrected chi connectivity index (χ1v) is 4.91. The van der Waals surface area contributed by atoms with Crippen molar-refractivity contribution in [3.05, 3.63) is 36.2 Å². The fourth-order valence-electron chi connectivity index (χ4n) is 1.80. The Morgan fingerprint density at radius 2 is 2.06 bits per heavy atom. The first-order chi connectivity index (χ1) is 7.88. The molecule has 1 aliphatic rings. The SMILES string of the molecule is O=Cc1[nH]ccc1-c1ccc2c(c1)OCO2. The molecule has 0 atom stereocenters. The van der Waals surface area contributed by atoms with Gasteiger partial charge in [-0.15, -0.1) is 0 Å². The molecule has 0 fully saturated rings. The predicted octanol–water partition coefficient (Wildman–Crippen LogP) is 2.22. The number of rotatable bonds is 2. The standard InChI is InChI=1S/C12H9NO3/c14-6-10-9(3-4-13-10)8-1-2-11-12(5-8)16-7-15-11/h1-6,13H,7H2. The molecule has 4 nitrogen and oxygen atoms in total. The van der Waals surface area contributed by atoms with E-state index in [2.05, 4.69) is 4.98 Å². The molecule has 16 heavy (non-hydrogen) atoms. The monoisotopic (exact) mass is 215 g/mol. The number of carbonyl (C=O) groups excluding carboxylic acids is 1. The fraction of sp³-hybridized carbons (Fsp3) is 0.0833. The first-order valence-electron chi connectivity index (χ1n) is 4.91. The van der Waals surface area contributed by atoms with Crippen molar-refractivity contribution in [3.8, 4) is 22.6 Å². The number of hydrogen-bond donors (Lipinski definition) is 1. The summed E-state index contributed by atoms with van der Waals surface area (Å²) < 4.78 is 10.5. The van der Waals surface area contributed by atoms with Crippen LogP contribution in [0, 0.1) is 0 Å². The molecule has 0 spiro atoms. The number of benzene rings is 1. The molecule has 1 aliphatic heterocycles. The molecule has 3 rings (SSSR count). The van der Waals surface area contributed by atoms with E-state index in [4.69, 9.17) is 9.47 Å². The molecule has 4 heteroatoms. The van der Waals surface area contributed by atoms with E-state index >= 15 is 0 Å². The summed E-state index contributed by atoms with van der Waals surface area (Å²) in [4.78, 5) is 13.7. The highest BCUT2D eigenvalue weighted by molar-refractivity contribution is 5.86. The van der Waals surface area contributed by atoms with Crippen LogP contribution in [0.25, 0.3) is 11.1 Å². The molecule has 80 valence electrons. The lowest BCUT2D eigenvalue weighted by molar-refractivity contribution is 0.112. The van der Waals surface area contributed by atoms with Crippen LogP contribution in [0.5, 0.6) is 11.5 Å². The molecule has 0 saturated heterocycles. The van der Waals surface area contributed by atoms with Gasteiger partial charge in [-0.2, -0.15) is 0 Å². The minimum atomic E-state index is 0.256. The third kappa shape index (κ3) is 1.27. The number of aromatic nitrogens is 1. The molecule has 0 aliphatic carbocycles. The largest absolute Gasteiger partial charge is 0.454 e. The summed E-state index contributed by atoms with van der Waals surface area (Å²) in [5, 5.41) is 0. The number of ether oxygens (including phenoxy) is 2. The van der Waals surface area contributed by atoms with Gasteiger partial charge in [0.25, 0.3) is 0 Å². The Hall–Kier alpha value is -2.23. The summed E-state index contributed by atoms with van der Waals surface area (Å²) in [5.41, 5.74) is 2.37. The Balaban J connectivity index is 2.10. The minimum absolute atomic E-state index is 0.256. The number of aldehydes is 1. The van der Waals surface area contributed by atoms with E-state index in [1.54, 1.807) is 6.20 Å². The van der Waals surface area contributed by atoms with Crippen LogP contribution in [0.15, 0.2) is 30.5 Å². The van der Waals surface area contributed by atoms with Gasteiger partial charge < -0.3 is 14.5 Å². The maximum Gasteiger partial charge on any atom is 0.231 e. The molecule has 0 amide bonds. The average molecular weight is 215 g/mol. The van der Waals surface area contributed by atoms with Gasteiger partial charge in [0.05, 0.1) is 5.69 Å². The minimum Gasteiger partial charge on any atom is -0.454 e. The van der Waals surface area contributed by atoms with Crippen LogP contribution in [-0.2, 0) is 0 Å². The fourth-order valence-corrected chi connectivity index (χ4v) is 1.80. The number of carbonyl (C=O) groups is 1. The molecule has 2 heterocycles. The van der Waals surface area contributed by atoms with Crippen LogP contribution in [0.3, 0.4) is 0 Å². The van der Waals surface area contributed by atoms with Gasteiger partial charge in [-0.1, -0.05) is 6.07 Å². The second-order valence-corrected chi connectivity index (χ2v) is 3.49. The Morgan fingerprint density at radius 1 is 1.19 bits per heavy atom. The van der Waals surface area contributed by atoms with Crippen molar-refractivity contribution >= 4 is 6.29 Å². The van der Waals surface area contributed by atoms with Crippen molar-refractivity contribution in [3.63, 3.8) is 0 Å². The van der Waals surface area contributed by atoms with Crippen molar-refractivity contribution in [1.82, 2.24) is 4.98 Å². The van der Waals surface area contributed by atoms with Crippen LogP contribution in [0.1, 0.15) is 10.5 Å². The number of H-pyrrole nitrogens is 1. The molecular weight excluding hydrogens is 206 g/mol. The van der Waals surface area contributed by atoms with E-state index in [0.717, 1.165) is 28.9 Å². The second kappa shape index (κ2) is 3.41. The van der Waals surface area contributed by atoms with E-state index in [9.17, 15) is 4.79 Å². The van der Waals surface area contributed by atoms with Crippen LogP contribution in [0.2, 0.25) is 0 Å². The zero-order chi connectivity index (χ0) is 11.0. The normalized spacial score (nSPS) is 12.8. The molecule has 1 N–H and O–H groups in total. The van der Waals surface area contributed by atoms with Crippen molar-refractivity contribution in [2.75, 3.05) is 6.79 Å². The highest BCUT2D eigenvalue weighted by Gasteiger charge is 2.15. The Kier molecular flexibility index (Phi) is 1.93. The molecule has 0 radical (unpaired) electrons. The number of fused-ring (bicyclic) bond motifs is 1. The summed E-state index contributed by atoms with van der Waals surface area (Å²) >= 11 is 0. The number of nitrogens with one attached hydrogen (secondary N) is 1. The van der Waals surface area contributed by atoms with Crippen LogP contribution in [-0.4, -0.2) is 18.1 Å². The molecule has 2 aromatic rings. The predicted molar refractivity (Wildman–Crippen MR) is 57.7 cm³/mol. The van der Waals surface area contributed by atoms with E-state index in [-0.39, 0.29) is 6.79 Å². The van der Waals surface area contributed by atoms with E-state index in [1.165, 1.54) is 0 Å². The van der Waals surface area contributed by atoms with Gasteiger partial charge in [-0.3, -0.25) is 4.79 Å². The van der Waals surface area contributed by atoms with Gasteiger partial charge in [0, 0.05) is 11.8 Å². The van der Waals surface area contributed by atoms with E-state index < -0.39 is 0 Å². The molecule has 0 saturated carbocycles. The van der Waals surface area contributed by atoms with Crippen molar-refractivity contribution in [2.45, 2.75) is 0 Å². The van der Waals surface area contributed by atoms with Crippen LogP contribution >= 0.6 is 0 Å². The zero-order valence-electron chi connectivity index (χ0n) is 8.40. The first kappa shape index (κ1) is 9.03. The van der Waals surface area contributed by atoms with Gasteiger partial charge in [-0.25, -0.2) is 0 Å². The molecule has 0 unspecified atom stereocenters. The van der Waals surface area contributed by atoms with Gasteiger partial charge in [0.1, 0.15) is 0 Å². The Labute approximate surface area is 91.8 Å². The number of aromatic amines is 1. The topological polar surface area (TPSA) is 51.3 Å². The summed E-state index contributed by atoms with van der Waals surface area (Å²) in [6.07, 6.45) is 2.55. The lowest BCUT2D eigenvalue weighted by Gasteiger charge is -2.01. The van der Waals surface area contributed by atoms with Gasteiger partial charge in [0.2, 0.25) is 6.79 Å². The van der Waals surface area contributed by atoms with Crippen molar-refractivity contribution < 1.29 is 14.3 Å². The Bertz CT molecular complexity index is 545. The van der Waals surface area contributed by atoms with Crippen molar-refractivity contribution in [2.24, 2.45) is 0 Å². The molecular formula is C12H9NO3. The smallest absolute Gasteiger partial charge is 0.231 e. The maximum absolute atomic E-state index is 10.8. The molecule has 1 aromatic heterocycles. The second-order valence-electron chi connectivity index (χ2n) is 3.49. The van der Waals surface area contributed by atoms with Crippen LogP contribution < -0.4 is 9.47 Å². The summed E-state index contributed by atoms with van der Waals surface area (Å²) in [6.45, 7) is 0.256. The summed E-state index contributed by atoms with van der Waals surface area (Å²) in [5.74, 6) is 1.46. The van der Waals surface area contributed by atoms with Gasteiger partial charge >= 0.3 is 0 Å². The Morgan fingerprint density at radius 3 is 2.94 bits per heavy atom. The lowest BCUT2D eigenvalue weighted by atomic mass is 10.1.